The van der Waals surface area contributed by atoms with Crippen LogP contribution in [0.5, 0.6) is 0 Å². The topological polar surface area (TPSA) is 101 Å². The summed E-state index contributed by atoms with van der Waals surface area (Å²) in [6, 6.07) is 7.35. The Bertz CT molecular complexity index is 994. The largest absolute Gasteiger partial charge is 0.406 e. The Morgan fingerprint density at radius 1 is 1.25 bits per heavy atom. The molecule has 3 heterocycles. The van der Waals surface area contributed by atoms with Crippen molar-refractivity contribution in [1.82, 2.24) is 19.7 Å². The molecule has 2 aromatic heterocycles. The Hall–Kier alpha value is -3.21. The van der Waals surface area contributed by atoms with E-state index in [1.165, 1.54) is 10.9 Å². The average Bonchev–Trinajstić information content (AvgIpc) is 3.28. The second-order valence-electron chi connectivity index (χ2n) is 5.69. The van der Waals surface area contributed by atoms with Crippen LogP contribution in [0.25, 0.3) is 10.9 Å². The minimum atomic E-state index is -0.203. The zero-order valence-electron chi connectivity index (χ0n) is 12.8. The first kappa shape index (κ1) is 14.4. The second-order valence-corrected chi connectivity index (χ2v) is 5.69. The lowest BCUT2D eigenvalue weighted by Gasteiger charge is -2.09. The molecule has 0 atom stereocenters. The molecule has 0 unspecified atom stereocenters. The van der Waals surface area contributed by atoms with Crippen molar-refractivity contribution in [3.05, 3.63) is 46.3 Å². The lowest BCUT2D eigenvalue weighted by Crippen LogP contribution is -2.21. The van der Waals surface area contributed by atoms with Gasteiger partial charge in [0.05, 0.1) is 28.9 Å². The van der Waals surface area contributed by atoms with Gasteiger partial charge in [0.25, 0.3) is 5.56 Å². The Labute approximate surface area is 137 Å². The molecule has 1 aromatic carbocycles. The molecule has 0 radical (unpaired) electrons. The van der Waals surface area contributed by atoms with E-state index in [0.717, 1.165) is 25.9 Å². The quantitative estimate of drug-likeness (QED) is 0.716. The summed E-state index contributed by atoms with van der Waals surface area (Å²) in [7, 11) is 0. The monoisotopic (exact) mass is 322 g/mol. The molecular formula is C16H14N6O2. The Morgan fingerprint density at radius 3 is 2.88 bits per heavy atom. The molecule has 1 saturated heterocycles. The van der Waals surface area contributed by atoms with Crippen LogP contribution in [-0.2, 0) is 6.54 Å². The Balaban J connectivity index is 1.64. The van der Waals surface area contributed by atoms with Crippen molar-refractivity contribution < 1.29 is 4.42 Å². The third kappa shape index (κ3) is 2.50. The lowest BCUT2D eigenvalue weighted by molar-refractivity contribution is 0.471. The summed E-state index contributed by atoms with van der Waals surface area (Å²) < 4.78 is 7.07. The third-order valence-corrected chi connectivity index (χ3v) is 4.09. The van der Waals surface area contributed by atoms with E-state index in [1.807, 2.05) is 11.0 Å². The maximum Gasteiger partial charge on any atom is 0.318 e. The number of rotatable bonds is 3. The summed E-state index contributed by atoms with van der Waals surface area (Å²) in [5.41, 5.74) is 0.767. The van der Waals surface area contributed by atoms with Gasteiger partial charge in [0.1, 0.15) is 6.54 Å². The fourth-order valence-corrected chi connectivity index (χ4v) is 2.83. The minimum absolute atomic E-state index is 0.169. The molecule has 8 heteroatoms. The van der Waals surface area contributed by atoms with Gasteiger partial charge in [0.15, 0.2) is 0 Å². The van der Waals surface area contributed by atoms with E-state index in [-0.39, 0.29) is 12.1 Å². The highest BCUT2D eigenvalue weighted by Crippen LogP contribution is 2.18. The summed E-state index contributed by atoms with van der Waals surface area (Å²) in [5.74, 6) is 0.369. The van der Waals surface area contributed by atoms with Crippen LogP contribution in [-0.4, -0.2) is 32.8 Å². The number of hydrogen-bond acceptors (Lipinski definition) is 7. The molecule has 0 N–H and O–H groups in total. The molecule has 0 bridgehead atoms. The Morgan fingerprint density at radius 2 is 2.08 bits per heavy atom. The molecule has 120 valence electrons. The van der Waals surface area contributed by atoms with Gasteiger partial charge in [-0.15, -0.1) is 5.10 Å². The third-order valence-electron chi connectivity index (χ3n) is 4.09. The molecule has 1 aliphatic rings. The highest BCUT2D eigenvalue weighted by molar-refractivity contribution is 5.78. The van der Waals surface area contributed by atoms with Gasteiger partial charge in [-0.3, -0.25) is 9.36 Å². The molecule has 1 fully saturated rings. The average molecular weight is 322 g/mol. The van der Waals surface area contributed by atoms with Crippen LogP contribution in [0.3, 0.4) is 0 Å². The van der Waals surface area contributed by atoms with Crippen molar-refractivity contribution >= 4 is 16.9 Å². The lowest BCUT2D eigenvalue weighted by atomic mass is 10.2. The smallest absolute Gasteiger partial charge is 0.318 e. The number of benzene rings is 1. The van der Waals surface area contributed by atoms with E-state index in [4.69, 9.17) is 9.68 Å². The number of anilines is 1. The van der Waals surface area contributed by atoms with E-state index in [1.54, 1.807) is 18.2 Å². The summed E-state index contributed by atoms with van der Waals surface area (Å²) in [4.78, 5) is 18.8. The summed E-state index contributed by atoms with van der Waals surface area (Å²) in [6.07, 6.45) is 3.68. The first-order valence-electron chi connectivity index (χ1n) is 7.71. The van der Waals surface area contributed by atoms with E-state index in [0.29, 0.717) is 28.4 Å². The minimum Gasteiger partial charge on any atom is -0.406 e. The molecule has 8 nitrogen and oxygen atoms in total. The van der Waals surface area contributed by atoms with Gasteiger partial charge in [-0.25, -0.2) is 4.98 Å². The summed E-state index contributed by atoms with van der Waals surface area (Å²) in [6.45, 7) is 2.00. The SMILES string of the molecule is N#Cc1ccc2c(=O)n(Cc3nnc(N4CCCC4)o3)cnc2c1. The van der Waals surface area contributed by atoms with Gasteiger partial charge in [0.2, 0.25) is 5.89 Å². The molecule has 3 aromatic rings. The van der Waals surface area contributed by atoms with Crippen LogP contribution in [0.1, 0.15) is 24.3 Å². The Kier molecular flexibility index (Phi) is 3.46. The van der Waals surface area contributed by atoms with E-state index in [9.17, 15) is 4.79 Å². The van der Waals surface area contributed by atoms with Crippen molar-refractivity contribution in [2.24, 2.45) is 0 Å². The number of nitrogens with zero attached hydrogens (tertiary/aromatic N) is 6. The van der Waals surface area contributed by atoms with Crippen molar-refractivity contribution in [1.29, 1.82) is 5.26 Å². The molecule has 1 aliphatic heterocycles. The van der Waals surface area contributed by atoms with Gasteiger partial charge in [-0.2, -0.15) is 5.26 Å². The van der Waals surface area contributed by atoms with Crippen molar-refractivity contribution in [3.8, 4) is 6.07 Å². The van der Waals surface area contributed by atoms with Gasteiger partial charge in [0, 0.05) is 13.1 Å². The first-order chi connectivity index (χ1) is 11.7. The maximum atomic E-state index is 12.5. The molecule has 4 rings (SSSR count). The molecule has 0 amide bonds. The predicted molar refractivity (Wildman–Crippen MR) is 85.6 cm³/mol. The number of hydrogen-bond donors (Lipinski definition) is 0. The zero-order valence-corrected chi connectivity index (χ0v) is 12.8. The van der Waals surface area contributed by atoms with E-state index in [2.05, 4.69) is 15.2 Å². The number of nitriles is 1. The van der Waals surface area contributed by atoms with Crippen molar-refractivity contribution in [3.63, 3.8) is 0 Å². The highest BCUT2D eigenvalue weighted by atomic mass is 16.4. The summed E-state index contributed by atoms with van der Waals surface area (Å²) >= 11 is 0. The van der Waals surface area contributed by atoms with Crippen LogP contribution >= 0.6 is 0 Å². The molecule has 0 aliphatic carbocycles. The van der Waals surface area contributed by atoms with Gasteiger partial charge in [-0.1, -0.05) is 5.10 Å². The number of aromatic nitrogens is 4. The van der Waals surface area contributed by atoms with Crippen molar-refractivity contribution in [2.45, 2.75) is 19.4 Å². The van der Waals surface area contributed by atoms with E-state index < -0.39 is 0 Å². The van der Waals surface area contributed by atoms with Crippen LogP contribution in [0.2, 0.25) is 0 Å². The molecule has 0 spiro atoms. The van der Waals surface area contributed by atoms with E-state index >= 15 is 0 Å². The normalized spacial score (nSPS) is 14.2. The van der Waals surface area contributed by atoms with Crippen LogP contribution < -0.4 is 10.5 Å². The van der Waals surface area contributed by atoms with Gasteiger partial charge in [-0.05, 0) is 31.0 Å². The fraction of sp³-hybridized carbons (Fsp3) is 0.312. The highest BCUT2D eigenvalue weighted by Gasteiger charge is 2.18. The predicted octanol–water partition coefficient (Wildman–Crippen LogP) is 1.30. The molecule has 24 heavy (non-hydrogen) atoms. The van der Waals surface area contributed by atoms with Crippen LogP contribution in [0.4, 0.5) is 6.01 Å². The number of fused-ring (bicyclic) bond motifs is 1. The first-order valence-corrected chi connectivity index (χ1v) is 7.71. The van der Waals surface area contributed by atoms with Crippen LogP contribution in [0.15, 0.2) is 33.7 Å². The maximum absolute atomic E-state index is 12.5. The van der Waals surface area contributed by atoms with Gasteiger partial charge >= 0.3 is 6.01 Å². The standard InChI is InChI=1S/C16H14N6O2/c17-8-11-3-4-12-13(7-11)18-10-22(15(12)23)9-14-19-20-16(24-14)21-5-1-2-6-21/h3-4,7,10H,1-2,5-6,9H2. The fourth-order valence-electron chi connectivity index (χ4n) is 2.83. The van der Waals surface area contributed by atoms with Crippen molar-refractivity contribution in [2.75, 3.05) is 18.0 Å². The van der Waals surface area contributed by atoms with Gasteiger partial charge < -0.3 is 9.32 Å². The van der Waals surface area contributed by atoms with Crippen LogP contribution in [0, 0.1) is 11.3 Å². The zero-order chi connectivity index (χ0) is 16.5. The molecular weight excluding hydrogens is 308 g/mol. The second kappa shape index (κ2) is 5.77. The molecule has 0 saturated carbocycles. The summed E-state index contributed by atoms with van der Waals surface area (Å²) in [5, 5.41) is 17.4.